The number of alkyl halides is 3. The maximum Gasteiger partial charge on any atom is 0.416 e. The molecule has 2 aliphatic rings. The largest absolute Gasteiger partial charge is 0.416 e. The second kappa shape index (κ2) is 9.73. The van der Waals surface area contributed by atoms with E-state index in [0.717, 1.165) is 37.6 Å². The van der Waals surface area contributed by atoms with Gasteiger partial charge in [-0.05, 0) is 49.7 Å². The number of aromatic nitrogens is 4. The van der Waals surface area contributed by atoms with Crippen LogP contribution in [0.25, 0.3) is 16.8 Å². The van der Waals surface area contributed by atoms with Crippen molar-refractivity contribution in [1.82, 2.24) is 24.3 Å². The van der Waals surface area contributed by atoms with Crippen molar-refractivity contribution in [3.05, 3.63) is 77.6 Å². The average molecular weight is 559 g/mol. The van der Waals surface area contributed by atoms with Gasteiger partial charge in [-0.25, -0.2) is 9.97 Å². The number of benzene rings is 1. The quantitative estimate of drug-likeness (QED) is 0.276. The molecule has 0 bridgehead atoms. The lowest BCUT2D eigenvalue weighted by molar-refractivity contribution is -0.137. The molecule has 1 amide bonds. The molecule has 1 saturated heterocycles. The second-order valence-electron chi connectivity index (χ2n) is 10.6. The van der Waals surface area contributed by atoms with Crippen LogP contribution in [0.4, 0.5) is 19.0 Å². The number of amides is 1. The summed E-state index contributed by atoms with van der Waals surface area (Å²) in [5, 5.41) is 0. The van der Waals surface area contributed by atoms with Gasteiger partial charge in [0.05, 0.1) is 18.0 Å². The van der Waals surface area contributed by atoms with Gasteiger partial charge in [-0.3, -0.25) is 19.0 Å². The Balaban J connectivity index is 1.32. The van der Waals surface area contributed by atoms with Gasteiger partial charge in [-0.2, -0.15) is 13.2 Å². The summed E-state index contributed by atoms with van der Waals surface area (Å²) in [6.45, 7) is 2.27. The van der Waals surface area contributed by atoms with Crippen LogP contribution in [0.1, 0.15) is 59.7 Å². The number of imidazole rings is 1. The number of carbonyl (C=O) groups excluding carboxylic acids is 2. The number of fused-ring (bicyclic) bond motifs is 1. The van der Waals surface area contributed by atoms with Gasteiger partial charge in [0.1, 0.15) is 22.9 Å². The fourth-order valence-corrected chi connectivity index (χ4v) is 5.57. The number of nitrogen functional groups attached to an aromatic ring is 1. The molecule has 8 nitrogen and oxygen atoms in total. The lowest BCUT2D eigenvalue weighted by Crippen LogP contribution is -2.31. The van der Waals surface area contributed by atoms with Gasteiger partial charge >= 0.3 is 6.18 Å². The van der Waals surface area contributed by atoms with E-state index in [1.807, 2.05) is 4.40 Å². The smallest absolute Gasteiger partial charge is 0.382 e. The third-order valence-electron chi connectivity index (χ3n) is 7.83. The highest BCUT2D eigenvalue weighted by atomic mass is 19.4. The number of likely N-dealkylation sites (tertiary alicyclic amines) is 1. The Kier molecular flexibility index (Phi) is 6.29. The zero-order valence-corrected chi connectivity index (χ0v) is 22.1. The van der Waals surface area contributed by atoms with Crippen molar-refractivity contribution < 1.29 is 22.8 Å². The summed E-state index contributed by atoms with van der Waals surface area (Å²) in [5.74, 6) is 5.69. The number of nitrogens with zero attached hydrogens (tertiary/aromatic N) is 5. The predicted molar refractivity (Wildman–Crippen MR) is 144 cm³/mol. The molecule has 1 spiro atoms. The first-order chi connectivity index (χ1) is 19.6. The summed E-state index contributed by atoms with van der Waals surface area (Å²) < 4.78 is 41.0. The predicted octanol–water partition coefficient (Wildman–Crippen LogP) is 4.89. The second-order valence-corrected chi connectivity index (χ2v) is 10.6. The van der Waals surface area contributed by atoms with E-state index in [9.17, 15) is 22.8 Å². The molecule has 6 rings (SSSR count). The monoisotopic (exact) mass is 558 g/mol. The number of hydrogen-bond donors (Lipinski definition) is 1. The number of Topliss-reactive ketones (excluding diaryl/α,β-unsaturated/α-hetero) is 1. The summed E-state index contributed by atoms with van der Waals surface area (Å²) in [5.41, 5.74) is 7.72. The van der Waals surface area contributed by atoms with Crippen molar-refractivity contribution in [2.75, 3.05) is 12.3 Å². The normalized spacial score (nSPS) is 17.5. The first kappa shape index (κ1) is 26.5. The lowest BCUT2D eigenvalue weighted by Gasteiger charge is -2.21. The molecule has 41 heavy (non-hydrogen) atoms. The minimum Gasteiger partial charge on any atom is -0.382 e. The van der Waals surface area contributed by atoms with Crippen LogP contribution < -0.4 is 5.73 Å². The van der Waals surface area contributed by atoms with E-state index in [4.69, 9.17) is 10.7 Å². The summed E-state index contributed by atoms with van der Waals surface area (Å²) >= 11 is 0. The van der Waals surface area contributed by atoms with Crippen LogP contribution in [-0.4, -0.2) is 42.5 Å². The summed E-state index contributed by atoms with van der Waals surface area (Å²) in [4.78, 5) is 40.7. The summed E-state index contributed by atoms with van der Waals surface area (Å²) in [6, 6.07) is 8.11. The highest BCUT2D eigenvalue weighted by molar-refractivity contribution is 5.98. The third-order valence-corrected chi connectivity index (χ3v) is 7.83. The Morgan fingerprint density at radius 1 is 1.12 bits per heavy atom. The van der Waals surface area contributed by atoms with E-state index < -0.39 is 11.7 Å². The number of ketones is 1. The average Bonchev–Trinajstić information content (AvgIpc) is 3.42. The van der Waals surface area contributed by atoms with Crippen LogP contribution in [0.2, 0.25) is 0 Å². The van der Waals surface area contributed by atoms with Crippen LogP contribution in [0.3, 0.4) is 0 Å². The van der Waals surface area contributed by atoms with E-state index in [-0.39, 0.29) is 41.1 Å². The van der Waals surface area contributed by atoms with Crippen LogP contribution in [0.5, 0.6) is 0 Å². The van der Waals surface area contributed by atoms with Crippen LogP contribution in [0, 0.1) is 17.3 Å². The molecule has 1 aliphatic carbocycles. The maximum absolute atomic E-state index is 13.1. The molecule has 1 saturated carbocycles. The number of rotatable bonds is 5. The molecule has 2 N–H and O–H groups in total. The molecular weight excluding hydrogens is 533 g/mol. The molecule has 11 heteroatoms. The van der Waals surface area contributed by atoms with Gasteiger partial charge in [-0.1, -0.05) is 30.2 Å². The first-order valence-electron chi connectivity index (χ1n) is 13.1. The third kappa shape index (κ3) is 4.90. The molecule has 4 heterocycles. The van der Waals surface area contributed by atoms with Crippen molar-refractivity contribution in [3.8, 4) is 23.1 Å². The van der Waals surface area contributed by atoms with Gasteiger partial charge in [0.15, 0.2) is 5.78 Å². The Bertz CT molecular complexity index is 1750. The topological polar surface area (TPSA) is 106 Å². The molecule has 1 unspecified atom stereocenters. The SMILES string of the molecule is CC#CC(=O)N1CC2(CC2)CC1c1nc(-c2ccc(C(=O)Cc3cc(C(F)(F)F)ccn3)cc2)c2c(N)nccn12. The first-order valence-corrected chi connectivity index (χ1v) is 13.1. The molecular formula is C30H25F3N6O2. The Morgan fingerprint density at radius 3 is 2.56 bits per heavy atom. The molecule has 3 aromatic heterocycles. The fourth-order valence-electron chi connectivity index (χ4n) is 5.57. The highest BCUT2D eigenvalue weighted by Gasteiger charge is 2.54. The minimum absolute atomic E-state index is 0.0364. The zero-order chi connectivity index (χ0) is 28.9. The van der Waals surface area contributed by atoms with Crippen molar-refractivity contribution >= 4 is 23.0 Å². The fraction of sp³-hybridized carbons (Fsp3) is 0.300. The number of pyridine rings is 1. The van der Waals surface area contributed by atoms with E-state index in [0.29, 0.717) is 34.7 Å². The van der Waals surface area contributed by atoms with Gasteiger partial charge in [0.2, 0.25) is 0 Å². The molecule has 1 aliphatic heterocycles. The van der Waals surface area contributed by atoms with Gasteiger partial charge < -0.3 is 10.6 Å². The van der Waals surface area contributed by atoms with Crippen molar-refractivity contribution in [3.63, 3.8) is 0 Å². The number of anilines is 1. The Hall–Kier alpha value is -4.72. The molecule has 1 aromatic carbocycles. The number of nitrogens with two attached hydrogens (primary N) is 1. The van der Waals surface area contributed by atoms with E-state index in [2.05, 4.69) is 21.8 Å². The highest BCUT2D eigenvalue weighted by Crippen LogP contribution is 2.58. The van der Waals surface area contributed by atoms with Crippen molar-refractivity contribution in [2.45, 2.75) is 44.8 Å². The number of halogens is 3. The molecule has 1 atom stereocenters. The lowest BCUT2D eigenvalue weighted by atomic mass is 10.0. The van der Waals surface area contributed by atoms with E-state index >= 15 is 0 Å². The van der Waals surface area contributed by atoms with E-state index in [1.165, 1.54) is 0 Å². The zero-order valence-electron chi connectivity index (χ0n) is 22.1. The van der Waals surface area contributed by atoms with Crippen molar-refractivity contribution in [1.29, 1.82) is 0 Å². The Morgan fingerprint density at radius 2 is 1.88 bits per heavy atom. The van der Waals surface area contributed by atoms with Crippen LogP contribution in [-0.2, 0) is 17.4 Å². The van der Waals surface area contributed by atoms with Gasteiger partial charge in [-0.15, -0.1) is 0 Å². The number of hydrogen-bond acceptors (Lipinski definition) is 6. The molecule has 0 radical (unpaired) electrons. The molecule has 4 aromatic rings. The van der Waals surface area contributed by atoms with Crippen LogP contribution in [0.15, 0.2) is 55.0 Å². The van der Waals surface area contributed by atoms with Crippen molar-refractivity contribution in [2.24, 2.45) is 5.41 Å². The number of carbonyl (C=O) groups is 2. The van der Waals surface area contributed by atoms with Crippen LogP contribution >= 0.6 is 0 Å². The standard InChI is InChI=1S/C30H25F3N6O2/c1-2-3-24(41)39-17-29(9-10-29)16-22(39)28-37-25(26-27(34)36-12-13-38(26)28)19-6-4-18(5-7-19)23(40)15-21-14-20(8-11-35-21)30(31,32)33/h4-8,11-14,22H,9-10,15-17H2,1H3,(H2,34,36). The Labute approximate surface area is 233 Å². The van der Waals surface area contributed by atoms with E-state index in [1.54, 1.807) is 48.5 Å². The minimum atomic E-state index is -4.52. The molecule has 2 fully saturated rings. The maximum atomic E-state index is 13.1. The molecule has 208 valence electrons. The summed E-state index contributed by atoms with van der Waals surface area (Å²) in [6.07, 6.45) is 2.50. The van der Waals surface area contributed by atoms with Gasteiger partial charge in [0, 0.05) is 42.0 Å². The van der Waals surface area contributed by atoms with Gasteiger partial charge in [0.25, 0.3) is 5.91 Å². The summed E-state index contributed by atoms with van der Waals surface area (Å²) in [7, 11) is 0.